The van der Waals surface area contributed by atoms with E-state index in [1.54, 1.807) is 18.2 Å². The highest BCUT2D eigenvalue weighted by Crippen LogP contribution is 2.36. The minimum atomic E-state index is -4.86. The van der Waals surface area contributed by atoms with E-state index < -0.39 is 39.1 Å². The molecule has 0 fully saturated rings. The summed E-state index contributed by atoms with van der Waals surface area (Å²) in [5, 5.41) is 16.7. The number of benzene rings is 2. The molecule has 1 amide bonds. The highest BCUT2D eigenvalue weighted by Gasteiger charge is 2.37. The molecule has 0 aliphatic carbocycles. The summed E-state index contributed by atoms with van der Waals surface area (Å²) in [7, 11) is 2.64. The molecule has 0 bridgehead atoms. The number of non-ortho nitro benzene ring substituents is 1. The number of hydrogen-bond acceptors (Lipinski definition) is 7. The number of nitro benzene ring substituents is 1. The van der Waals surface area contributed by atoms with Crippen LogP contribution < -0.4 is 14.8 Å². The lowest BCUT2D eigenvalue weighted by Gasteiger charge is -2.11. The molecule has 4 rings (SSSR count). The second-order valence-corrected chi connectivity index (χ2v) is 7.63. The Morgan fingerprint density at radius 3 is 2.53 bits per heavy atom. The van der Waals surface area contributed by atoms with Crippen molar-refractivity contribution < 1.29 is 32.4 Å². The Labute approximate surface area is 205 Å². The Hall–Kier alpha value is -4.39. The van der Waals surface area contributed by atoms with Crippen molar-refractivity contribution in [3.63, 3.8) is 0 Å². The normalized spacial score (nSPS) is 11.4. The molecule has 0 aliphatic heterocycles. The van der Waals surface area contributed by atoms with Crippen LogP contribution in [0.4, 0.5) is 24.5 Å². The number of methoxy groups -OCH3 is 2. The number of hydrogen-bond donors (Lipinski definition) is 1. The van der Waals surface area contributed by atoms with Gasteiger partial charge < -0.3 is 14.8 Å². The Bertz CT molecular complexity index is 1510. The Balaban J connectivity index is 1.81. The molecule has 2 aromatic heterocycles. The number of nitro groups is 1. The van der Waals surface area contributed by atoms with E-state index in [-0.39, 0.29) is 22.8 Å². The number of alkyl halides is 3. The van der Waals surface area contributed by atoms with Gasteiger partial charge in [-0.1, -0.05) is 23.7 Å². The van der Waals surface area contributed by atoms with Gasteiger partial charge in [-0.3, -0.25) is 14.9 Å². The van der Waals surface area contributed by atoms with Gasteiger partial charge >= 0.3 is 6.18 Å². The SMILES string of the molecule is COc1cccc(-c2cc(C(F)(F)F)n3nc(C(=O)Nc4ccc([N+](=O)[O-])cc4OC)c(Cl)c3n2)c1. The van der Waals surface area contributed by atoms with Crippen molar-refractivity contribution in [3.8, 4) is 22.8 Å². The molecule has 0 aliphatic rings. The zero-order chi connectivity index (χ0) is 26.2. The summed E-state index contributed by atoms with van der Waals surface area (Å²) in [6.07, 6.45) is -4.86. The van der Waals surface area contributed by atoms with Crippen LogP contribution in [0.1, 0.15) is 16.2 Å². The van der Waals surface area contributed by atoms with Crippen LogP contribution >= 0.6 is 11.6 Å². The number of fused-ring (bicyclic) bond motifs is 1. The number of rotatable bonds is 6. The molecule has 0 spiro atoms. The molecule has 0 saturated heterocycles. The van der Waals surface area contributed by atoms with Crippen molar-refractivity contribution in [2.24, 2.45) is 0 Å². The first-order chi connectivity index (χ1) is 17.0. The number of amides is 1. The lowest BCUT2D eigenvalue weighted by Crippen LogP contribution is -2.16. The van der Waals surface area contributed by atoms with Gasteiger partial charge in [-0.2, -0.15) is 18.3 Å². The summed E-state index contributed by atoms with van der Waals surface area (Å²) in [4.78, 5) is 27.4. The molecular formula is C22H15ClF3N5O5. The zero-order valence-electron chi connectivity index (χ0n) is 18.5. The molecule has 0 unspecified atom stereocenters. The number of anilines is 1. The fraction of sp³-hybridized carbons (Fsp3) is 0.136. The molecule has 36 heavy (non-hydrogen) atoms. The number of aromatic nitrogens is 3. The van der Waals surface area contributed by atoms with Crippen molar-refractivity contribution >= 4 is 34.5 Å². The van der Waals surface area contributed by atoms with Crippen LogP contribution in [0.3, 0.4) is 0 Å². The summed E-state index contributed by atoms with van der Waals surface area (Å²) < 4.78 is 52.4. The second-order valence-electron chi connectivity index (χ2n) is 7.25. The van der Waals surface area contributed by atoms with E-state index in [0.29, 0.717) is 15.8 Å². The first-order valence-corrected chi connectivity index (χ1v) is 10.4. The van der Waals surface area contributed by atoms with Gasteiger partial charge in [0.1, 0.15) is 16.5 Å². The number of ether oxygens (including phenoxy) is 2. The average molecular weight is 522 g/mol. The molecule has 0 radical (unpaired) electrons. The highest BCUT2D eigenvalue weighted by molar-refractivity contribution is 6.37. The lowest BCUT2D eigenvalue weighted by atomic mass is 10.1. The van der Waals surface area contributed by atoms with Crippen LogP contribution in [0.25, 0.3) is 16.9 Å². The third-order valence-electron chi connectivity index (χ3n) is 5.05. The zero-order valence-corrected chi connectivity index (χ0v) is 19.2. The van der Waals surface area contributed by atoms with E-state index in [1.165, 1.54) is 26.4 Å². The second kappa shape index (κ2) is 9.34. The van der Waals surface area contributed by atoms with Gasteiger partial charge in [0.05, 0.1) is 36.6 Å². The third-order valence-corrected chi connectivity index (χ3v) is 5.40. The van der Waals surface area contributed by atoms with Crippen LogP contribution in [0.15, 0.2) is 48.5 Å². The summed E-state index contributed by atoms with van der Waals surface area (Å²) in [6.45, 7) is 0. The summed E-state index contributed by atoms with van der Waals surface area (Å²) in [5.41, 5.74) is -2.18. The quantitative estimate of drug-likeness (QED) is 0.272. The van der Waals surface area contributed by atoms with Crippen molar-refractivity contribution in [3.05, 3.63) is 75.1 Å². The first-order valence-electron chi connectivity index (χ1n) is 9.98. The average Bonchev–Trinajstić information content (AvgIpc) is 3.19. The maximum Gasteiger partial charge on any atom is 0.433 e. The van der Waals surface area contributed by atoms with Crippen molar-refractivity contribution in [1.29, 1.82) is 0 Å². The predicted molar refractivity (Wildman–Crippen MR) is 123 cm³/mol. The molecule has 1 N–H and O–H groups in total. The lowest BCUT2D eigenvalue weighted by molar-refractivity contribution is -0.384. The van der Waals surface area contributed by atoms with Gasteiger partial charge in [-0.05, 0) is 24.3 Å². The van der Waals surface area contributed by atoms with Crippen LogP contribution in [0, 0.1) is 10.1 Å². The minimum absolute atomic E-state index is 0.0160. The predicted octanol–water partition coefficient (Wildman–Crippen LogP) is 5.25. The minimum Gasteiger partial charge on any atom is -0.497 e. The molecule has 0 atom stereocenters. The third kappa shape index (κ3) is 4.60. The summed E-state index contributed by atoms with van der Waals surface area (Å²) >= 11 is 6.28. The number of nitrogens with one attached hydrogen (secondary N) is 1. The van der Waals surface area contributed by atoms with E-state index in [2.05, 4.69) is 15.4 Å². The standard InChI is InChI=1S/C22H15ClF3N5O5/c1-35-13-5-3-4-11(8-13)15-10-17(22(24,25)26)30-20(27-15)18(23)19(29-30)21(32)28-14-7-6-12(31(33)34)9-16(14)36-2/h3-10H,1-2H3,(H,28,32). The van der Waals surface area contributed by atoms with Gasteiger partial charge in [0.25, 0.3) is 11.6 Å². The van der Waals surface area contributed by atoms with Gasteiger partial charge in [0.2, 0.25) is 0 Å². The Morgan fingerprint density at radius 2 is 1.89 bits per heavy atom. The van der Waals surface area contributed by atoms with Crippen LogP contribution in [-0.2, 0) is 6.18 Å². The maximum atomic E-state index is 13.9. The largest absolute Gasteiger partial charge is 0.497 e. The summed E-state index contributed by atoms with van der Waals surface area (Å²) in [6, 6.07) is 10.4. The molecule has 14 heteroatoms. The molecule has 2 heterocycles. The van der Waals surface area contributed by atoms with Crippen molar-refractivity contribution in [2.75, 3.05) is 19.5 Å². The first kappa shape index (κ1) is 24.7. The number of carbonyl (C=O) groups excluding carboxylic acids is 1. The molecule has 4 aromatic rings. The topological polar surface area (TPSA) is 121 Å². The number of nitrogens with zero attached hydrogens (tertiary/aromatic N) is 4. The van der Waals surface area contributed by atoms with Gasteiger partial charge in [-0.15, -0.1) is 0 Å². The van der Waals surface area contributed by atoms with Crippen LogP contribution in [0.5, 0.6) is 11.5 Å². The van der Waals surface area contributed by atoms with E-state index in [9.17, 15) is 28.1 Å². The number of halogens is 4. The van der Waals surface area contributed by atoms with Crippen molar-refractivity contribution in [1.82, 2.24) is 14.6 Å². The fourth-order valence-corrected chi connectivity index (χ4v) is 3.59. The van der Waals surface area contributed by atoms with E-state index in [4.69, 9.17) is 21.1 Å². The van der Waals surface area contributed by atoms with Gasteiger partial charge in [-0.25, -0.2) is 9.50 Å². The molecule has 0 saturated carbocycles. The Morgan fingerprint density at radius 1 is 1.14 bits per heavy atom. The number of carbonyl (C=O) groups is 1. The fourth-order valence-electron chi connectivity index (χ4n) is 3.35. The van der Waals surface area contributed by atoms with Crippen molar-refractivity contribution in [2.45, 2.75) is 6.18 Å². The smallest absolute Gasteiger partial charge is 0.433 e. The van der Waals surface area contributed by atoms with E-state index in [0.717, 1.165) is 18.2 Å². The Kier molecular flexibility index (Phi) is 6.41. The monoisotopic (exact) mass is 521 g/mol. The maximum absolute atomic E-state index is 13.9. The molecular weight excluding hydrogens is 507 g/mol. The molecule has 186 valence electrons. The highest BCUT2D eigenvalue weighted by atomic mass is 35.5. The van der Waals surface area contributed by atoms with Gasteiger partial charge in [0, 0.05) is 11.6 Å². The van der Waals surface area contributed by atoms with E-state index >= 15 is 0 Å². The summed E-state index contributed by atoms with van der Waals surface area (Å²) in [5.74, 6) is -0.625. The van der Waals surface area contributed by atoms with Crippen LogP contribution in [0.2, 0.25) is 5.02 Å². The molecule has 10 nitrogen and oxygen atoms in total. The molecule has 2 aromatic carbocycles. The van der Waals surface area contributed by atoms with E-state index in [1.807, 2.05) is 0 Å². The van der Waals surface area contributed by atoms with Gasteiger partial charge in [0.15, 0.2) is 17.0 Å². The van der Waals surface area contributed by atoms with Crippen LogP contribution in [-0.4, -0.2) is 39.6 Å².